The predicted octanol–water partition coefficient (Wildman–Crippen LogP) is 0.515. The lowest BCUT2D eigenvalue weighted by atomic mass is 10.2. The molecular weight excluding hydrogens is 285 g/mol. The van der Waals surface area contributed by atoms with E-state index in [1.165, 1.54) is 18.4 Å². The molecule has 0 N–H and O–H groups in total. The monoisotopic (exact) mass is 288 g/mol. The molecule has 0 spiro atoms. The fourth-order valence-corrected chi connectivity index (χ4v) is 1.29. The second-order valence-corrected chi connectivity index (χ2v) is 3.37. The van der Waals surface area contributed by atoms with Gasteiger partial charge in [0, 0.05) is 9.13 Å². The molecule has 0 atom stereocenters. The quantitative estimate of drug-likeness (QED) is 0.587. The molecule has 0 amide bonds. The van der Waals surface area contributed by atoms with Crippen molar-refractivity contribution in [1.29, 1.82) is 5.26 Å². The molecule has 0 heterocycles. The molecule has 0 saturated heterocycles. The summed E-state index contributed by atoms with van der Waals surface area (Å²) in [5.41, 5.74) is -0.117. The summed E-state index contributed by atoms with van der Waals surface area (Å²) < 4.78 is 5.17. The van der Waals surface area contributed by atoms with Gasteiger partial charge in [0.15, 0.2) is 5.75 Å². The van der Waals surface area contributed by atoms with Crippen molar-refractivity contribution in [3.05, 3.63) is 27.3 Å². The highest BCUT2D eigenvalue weighted by Gasteiger charge is 2.05. The maximum Gasteiger partial charge on any atom is 0.292 e. The van der Waals surface area contributed by atoms with E-state index in [1.54, 1.807) is 6.07 Å². The van der Waals surface area contributed by atoms with Crippen LogP contribution in [0.1, 0.15) is 10.4 Å². The minimum absolute atomic E-state index is 0.00270. The number of halogens is 1. The molecule has 0 aliphatic carbocycles. The van der Waals surface area contributed by atoms with Crippen molar-refractivity contribution in [3.63, 3.8) is 0 Å². The van der Waals surface area contributed by atoms with E-state index in [0.717, 1.165) is 3.57 Å². The third kappa shape index (κ3) is 2.32. The van der Waals surface area contributed by atoms with Crippen molar-refractivity contribution in [2.24, 2.45) is 0 Å². The number of carbonyl (C=O) groups is 1. The van der Waals surface area contributed by atoms with Crippen molar-refractivity contribution >= 4 is 28.6 Å². The van der Waals surface area contributed by atoms with Gasteiger partial charge in [0.2, 0.25) is 0 Å². The number of ether oxygens (including phenoxy) is 1. The summed E-state index contributed by atoms with van der Waals surface area (Å²) in [7, 11) is 0. The normalized spacial score (nSPS) is 8.92. The van der Waals surface area contributed by atoms with E-state index < -0.39 is 5.97 Å². The van der Waals surface area contributed by atoms with Crippen molar-refractivity contribution in [3.8, 4) is 12.0 Å². The maximum atomic E-state index is 10.5. The molecular formula is C8H3INO3-. The minimum atomic E-state index is -1.36. The zero-order valence-electron chi connectivity index (χ0n) is 6.28. The fourth-order valence-electron chi connectivity index (χ4n) is 0.800. The lowest BCUT2D eigenvalue weighted by molar-refractivity contribution is -0.255. The van der Waals surface area contributed by atoms with Crippen LogP contribution in [0.25, 0.3) is 0 Å². The van der Waals surface area contributed by atoms with Gasteiger partial charge in [0.1, 0.15) is 0 Å². The Balaban J connectivity index is 3.20. The van der Waals surface area contributed by atoms with Gasteiger partial charge in [-0.05, 0) is 40.8 Å². The van der Waals surface area contributed by atoms with Crippen LogP contribution in [0.5, 0.6) is 5.75 Å². The van der Waals surface area contributed by atoms with Crippen LogP contribution in [0.2, 0.25) is 0 Å². The van der Waals surface area contributed by atoms with Crippen LogP contribution in [-0.2, 0) is 0 Å². The Morgan fingerprint density at radius 2 is 2.31 bits per heavy atom. The Kier molecular flexibility index (Phi) is 3.08. The third-order valence-corrected chi connectivity index (χ3v) is 1.99. The average Bonchev–Trinajstić information content (AvgIpc) is 2.08. The highest BCUT2D eigenvalue weighted by Crippen LogP contribution is 2.20. The lowest BCUT2D eigenvalue weighted by Gasteiger charge is -2.06. The van der Waals surface area contributed by atoms with Gasteiger partial charge in [0.05, 0.1) is 5.97 Å². The van der Waals surface area contributed by atoms with E-state index in [2.05, 4.69) is 4.74 Å². The van der Waals surface area contributed by atoms with Crippen LogP contribution >= 0.6 is 22.6 Å². The van der Waals surface area contributed by atoms with Gasteiger partial charge < -0.3 is 14.6 Å². The predicted molar refractivity (Wildman–Crippen MR) is 49.7 cm³/mol. The Hall–Kier alpha value is -1.29. The summed E-state index contributed by atoms with van der Waals surface area (Å²) in [5.74, 6) is -1.35. The molecule has 13 heavy (non-hydrogen) atoms. The highest BCUT2D eigenvalue weighted by atomic mass is 127. The highest BCUT2D eigenvalue weighted by molar-refractivity contribution is 14.1. The molecule has 0 radical (unpaired) electrons. The molecule has 0 bridgehead atoms. The van der Waals surface area contributed by atoms with Crippen LogP contribution < -0.4 is 9.84 Å². The van der Waals surface area contributed by atoms with Gasteiger partial charge in [0.25, 0.3) is 6.26 Å². The number of hydrogen-bond acceptors (Lipinski definition) is 4. The summed E-state index contributed by atoms with van der Waals surface area (Å²) in [6.07, 6.45) is 1.41. The summed E-state index contributed by atoms with van der Waals surface area (Å²) in [5, 5.41) is 18.8. The number of rotatable bonds is 2. The van der Waals surface area contributed by atoms with E-state index in [4.69, 9.17) is 5.26 Å². The van der Waals surface area contributed by atoms with Gasteiger partial charge in [-0.3, -0.25) is 0 Å². The zero-order valence-corrected chi connectivity index (χ0v) is 8.44. The molecule has 4 nitrogen and oxygen atoms in total. The molecule has 1 aromatic carbocycles. The van der Waals surface area contributed by atoms with Crippen molar-refractivity contribution in [2.45, 2.75) is 0 Å². The summed E-state index contributed by atoms with van der Waals surface area (Å²) in [4.78, 5) is 10.5. The number of hydrogen-bond donors (Lipinski definition) is 0. The van der Waals surface area contributed by atoms with Crippen molar-refractivity contribution < 1.29 is 14.6 Å². The van der Waals surface area contributed by atoms with Gasteiger partial charge in [-0.15, -0.1) is 5.26 Å². The minimum Gasteiger partial charge on any atom is -0.545 e. The number of carboxylic acids is 1. The first-order valence-electron chi connectivity index (χ1n) is 3.22. The zero-order chi connectivity index (χ0) is 9.84. The Labute approximate surface area is 87.9 Å². The molecule has 0 aliphatic heterocycles. The largest absolute Gasteiger partial charge is 0.545 e. The van der Waals surface area contributed by atoms with Crippen LogP contribution in [0.3, 0.4) is 0 Å². The number of nitrogens with zero attached hydrogens (tertiary/aromatic N) is 1. The molecule has 1 aromatic rings. The van der Waals surface area contributed by atoms with Crippen LogP contribution in [0, 0.1) is 15.1 Å². The van der Waals surface area contributed by atoms with Gasteiger partial charge in [-0.25, -0.2) is 0 Å². The summed E-state index contributed by atoms with van der Waals surface area (Å²) >= 11 is 1.95. The molecule has 5 heteroatoms. The summed E-state index contributed by atoms with van der Waals surface area (Å²) in [6.45, 7) is 0. The van der Waals surface area contributed by atoms with E-state index in [9.17, 15) is 9.90 Å². The number of nitriles is 1. The molecule has 0 saturated carbocycles. The van der Waals surface area contributed by atoms with E-state index >= 15 is 0 Å². The Morgan fingerprint density at radius 3 is 2.85 bits per heavy atom. The standard InChI is InChI=1S/C8H4INO3/c9-5-1-2-7(13-4-10)6(3-5)8(11)12/h1-3H,(H,11,12)/p-1. The molecule has 0 aromatic heterocycles. The van der Waals surface area contributed by atoms with Crippen LogP contribution in [0.15, 0.2) is 18.2 Å². The molecule has 0 aliphatic rings. The first-order valence-corrected chi connectivity index (χ1v) is 4.30. The number of carboxylic acid groups (broad SMARTS) is 1. The number of carbonyl (C=O) groups excluding carboxylic acids is 1. The topological polar surface area (TPSA) is 73.1 Å². The SMILES string of the molecule is N#COc1ccc(I)cc1C(=O)[O-]. The van der Waals surface area contributed by atoms with E-state index in [1.807, 2.05) is 22.6 Å². The number of benzene rings is 1. The Morgan fingerprint density at radius 1 is 1.62 bits per heavy atom. The second-order valence-electron chi connectivity index (χ2n) is 2.12. The number of aromatic carboxylic acids is 1. The van der Waals surface area contributed by atoms with Crippen molar-refractivity contribution in [2.75, 3.05) is 0 Å². The molecule has 0 unspecified atom stereocenters. The summed E-state index contributed by atoms with van der Waals surface area (Å²) in [6, 6.07) is 4.43. The fraction of sp³-hybridized carbons (Fsp3) is 0. The van der Waals surface area contributed by atoms with Crippen molar-refractivity contribution in [1.82, 2.24) is 0 Å². The van der Waals surface area contributed by atoms with Gasteiger partial charge in [-0.1, -0.05) is 0 Å². The Bertz CT molecular complexity index is 383. The lowest BCUT2D eigenvalue weighted by Crippen LogP contribution is -2.23. The maximum absolute atomic E-state index is 10.5. The first kappa shape index (κ1) is 9.80. The molecule has 0 fully saturated rings. The third-order valence-electron chi connectivity index (χ3n) is 1.32. The van der Waals surface area contributed by atoms with Gasteiger partial charge in [-0.2, -0.15) is 0 Å². The first-order chi connectivity index (χ1) is 6.15. The second kappa shape index (κ2) is 4.09. The smallest absolute Gasteiger partial charge is 0.292 e. The van der Waals surface area contributed by atoms with Crippen LogP contribution in [-0.4, -0.2) is 5.97 Å². The van der Waals surface area contributed by atoms with E-state index in [0.29, 0.717) is 0 Å². The van der Waals surface area contributed by atoms with Gasteiger partial charge >= 0.3 is 0 Å². The van der Waals surface area contributed by atoms with E-state index in [-0.39, 0.29) is 11.3 Å². The average molecular weight is 288 g/mol. The van der Waals surface area contributed by atoms with Crippen LogP contribution in [0.4, 0.5) is 0 Å². The molecule has 66 valence electrons. The molecule has 1 rings (SSSR count).